The Morgan fingerprint density at radius 2 is 1.89 bits per heavy atom. The molecule has 0 fully saturated rings. The van der Waals surface area contributed by atoms with Gasteiger partial charge >= 0.3 is 0 Å². The fraction of sp³-hybridized carbons (Fsp3) is 1.00. The molecule has 0 saturated carbocycles. The lowest BCUT2D eigenvalue weighted by Crippen LogP contribution is -2.37. The van der Waals surface area contributed by atoms with Crippen molar-refractivity contribution in [3.63, 3.8) is 0 Å². The summed E-state index contributed by atoms with van der Waals surface area (Å²) in [5, 5.41) is 3.61. The van der Waals surface area contributed by atoms with Crippen LogP contribution in [0, 0.1) is 0 Å². The molecule has 0 aliphatic carbocycles. The van der Waals surface area contributed by atoms with Gasteiger partial charge in [-0.05, 0) is 26.8 Å². The number of hydrogen-bond acceptors (Lipinski definition) is 3. The van der Waals surface area contributed by atoms with Gasteiger partial charge in [-0.3, -0.25) is 0 Å². The van der Waals surface area contributed by atoms with Crippen molar-refractivity contribution in [1.29, 1.82) is 0 Å². The molecule has 0 aliphatic rings. The number of ether oxygens (including phenoxy) is 1. The molecule has 1 unspecified atom stereocenters. The molecule has 0 rings (SSSR count). The lowest BCUT2D eigenvalue weighted by Gasteiger charge is -2.22. The second kappa shape index (κ2) is 13.3. The molecule has 0 saturated heterocycles. The van der Waals surface area contributed by atoms with Crippen LogP contribution in [0.1, 0.15) is 53.4 Å². The van der Waals surface area contributed by atoms with Crippen molar-refractivity contribution in [3.8, 4) is 0 Å². The number of likely N-dealkylation sites (N-methyl/N-ethyl adjacent to an activating group) is 1. The summed E-state index contributed by atoms with van der Waals surface area (Å²) in [6.45, 7) is 14.9. The molecule has 0 amide bonds. The molecule has 0 bridgehead atoms. The maximum absolute atomic E-state index is 5.40. The van der Waals surface area contributed by atoms with Gasteiger partial charge in [0, 0.05) is 32.3 Å². The molecule has 0 heterocycles. The van der Waals surface area contributed by atoms with E-state index in [9.17, 15) is 0 Å². The minimum atomic E-state index is 0.655. The van der Waals surface area contributed by atoms with Crippen LogP contribution in [0.15, 0.2) is 0 Å². The van der Waals surface area contributed by atoms with Crippen molar-refractivity contribution in [2.45, 2.75) is 59.4 Å². The Hall–Kier alpha value is -0.120. The number of unbranched alkanes of at least 4 members (excludes halogenated alkanes) is 2. The van der Waals surface area contributed by atoms with Crippen LogP contribution in [-0.2, 0) is 4.74 Å². The number of hydrogen-bond donors (Lipinski definition) is 1. The summed E-state index contributed by atoms with van der Waals surface area (Å²) >= 11 is 0. The van der Waals surface area contributed by atoms with Gasteiger partial charge in [-0.25, -0.2) is 0 Å². The zero-order chi connectivity index (χ0) is 13.6. The van der Waals surface area contributed by atoms with E-state index in [1.165, 1.54) is 25.7 Å². The molecule has 1 atom stereocenters. The molecule has 3 heteroatoms. The van der Waals surface area contributed by atoms with Crippen molar-refractivity contribution < 1.29 is 4.74 Å². The van der Waals surface area contributed by atoms with E-state index in [2.05, 4.69) is 37.9 Å². The summed E-state index contributed by atoms with van der Waals surface area (Å²) in [6.07, 6.45) is 5.33. The highest BCUT2D eigenvalue weighted by Crippen LogP contribution is 2.02. The highest BCUT2D eigenvalue weighted by Gasteiger charge is 2.04. The average molecular weight is 258 g/mol. The standard InChI is InChI=1S/C15H34N2O/c1-5-8-9-10-15(4)16-11-12-17(6-2)13-14-18-7-3/h15-16H,5-14H2,1-4H3. The summed E-state index contributed by atoms with van der Waals surface area (Å²) < 4.78 is 5.40. The maximum atomic E-state index is 5.40. The van der Waals surface area contributed by atoms with Crippen molar-refractivity contribution >= 4 is 0 Å². The van der Waals surface area contributed by atoms with E-state index in [-0.39, 0.29) is 0 Å². The molecule has 1 N–H and O–H groups in total. The Kier molecular flexibility index (Phi) is 13.2. The predicted octanol–water partition coefficient (Wildman–Crippen LogP) is 2.90. The Bertz CT molecular complexity index is 165. The van der Waals surface area contributed by atoms with E-state index in [0.717, 1.165) is 39.4 Å². The molecule has 18 heavy (non-hydrogen) atoms. The van der Waals surface area contributed by atoms with Gasteiger partial charge in [0.1, 0.15) is 0 Å². The third-order valence-corrected chi connectivity index (χ3v) is 3.36. The van der Waals surface area contributed by atoms with Gasteiger partial charge in [0.25, 0.3) is 0 Å². The minimum absolute atomic E-state index is 0.655. The average Bonchev–Trinajstić information content (AvgIpc) is 2.37. The van der Waals surface area contributed by atoms with Gasteiger partial charge in [-0.15, -0.1) is 0 Å². The van der Waals surface area contributed by atoms with Crippen molar-refractivity contribution in [2.75, 3.05) is 39.4 Å². The van der Waals surface area contributed by atoms with Crippen molar-refractivity contribution in [2.24, 2.45) is 0 Å². The SMILES string of the molecule is CCCCCC(C)NCCN(CC)CCOCC. The third kappa shape index (κ3) is 11.0. The molecule has 0 spiro atoms. The van der Waals surface area contributed by atoms with E-state index in [1.807, 2.05) is 0 Å². The second-order valence-corrected chi connectivity index (χ2v) is 4.98. The smallest absolute Gasteiger partial charge is 0.0593 e. The Balaban J connectivity index is 3.47. The van der Waals surface area contributed by atoms with Crippen LogP contribution in [0.2, 0.25) is 0 Å². The molecule has 0 aromatic carbocycles. The topological polar surface area (TPSA) is 24.5 Å². The first kappa shape index (κ1) is 17.9. The fourth-order valence-corrected chi connectivity index (χ4v) is 2.04. The first-order valence-corrected chi connectivity index (χ1v) is 7.78. The maximum Gasteiger partial charge on any atom is 0.0593 e. The monoisotopic (exact) mass is 258 g/mol. The minimum Gasteiger partial charge on any atom is -0.380 e. The van der Waals surface area contributed by atoms with Crippen LogP contribution in [-0.4, -0.2) is 50.3 Å². The molecule has 0 aliphatic heterocycles. The first-order valence-electron chi connectivity index (χ1n) is 7.78. The lowest BCUT2D eigenvalue weighted by atomic mass is 10.1. The molecule has 3 nitrogen and oxygen atoms in total. The number of rotatable bonds is 13. The first-order chi connectivity index (χ1) is 8.74. The molecular weight excluding hydrogens is 224 g/mol. The van der Waals surface area contributed by atoms with Crippen molar-refractivity contribution in [1.82, 2.24) is 10.2 Å². The van der Waals surface area contributed by atoms with Gasteiger partial charge in [0.05, 0.1) is 6.61 Å². The highest BCUT2D eigenvalue weighted by molar-refractivity contribution is 4.63. The number of nitrogens with one attached hydrogen (secondary N) is 1. The van der Waals surface area contributed by atoms with Crippen LogP contribution in [0.4, 0.5) is 0 Å². The summed E-state index contributed by atoms with van der Waals surface area (Å²) in [7, 11) is 0. The Labute approximate surface area is 114 Å². The van der Waals surface area contributed by atoms with E-state index >= 15 is 0 Å². The van der Waals surface area contributed by atoms with Gasteiger partial charge < -0.3 is 15.0 Å². The van der Waals surface area contributed by atoms with E-state index < -0.39 is 0 Å². The lowest BCUT2D eigenvalue weighted by molar-refractivity contribution is 0.115. The normalized spacial score (nSPS) is 13.2. The van der Waals surface area contributed by atoms with Crippen LogP contribution in [0.3, 0.4) is 0 Å². The van der Waals surface area contributed by atoms with Gasteiger partial charge in [-0.1, -0.05) is 33.1 Å². The van der Waals surface area contributed by atoms with Crippen LogP contribution in [0.5, 0.6) is 0 Å². The summed E-state index contributed by atoms with van der Waals surface area (Å²) in [4.78, 5) is 2.45. The number of nitrogens with zero attached hydrogens (tertiary/aromatic N) is 1. The zero-order valence-corrected chi connectivity index (χ0v) is 13.0. The highest BCUT2D eigenvalue weighted by atomic mass is 16.5. The van der Waals surface area contributed by atoms with Crippen LogP contribution in [0.25, 0.3) is 0 Å². The van der Waals surface area contributed by atoms with Gasteiger partial charge in [0.2, 0.25) is 0 Å². The molecule has 0 aromatic rings. The largest absolute Gasteiger partial charge is 0.380 e. The van der Waals surface area contributed by atoms with Gasteiger partial charge in [-0.2, -0.15) is 0 Å². The summed E-state index contributed by atoms with van der Waals surface area (Å²) in [6, 6.07) is 0.655. The molecule has 0 aromatic heterocycles. The molecule has 0 radical (unpaired) electrons. The predicted molar refractivity (Wildman–Crippen MR) is 80.2 cm³/mol. The van der Waals surface area contributed by atoms with Gasteiger partial charge in [0.15, 0.2) is 0 Å². The Morgan fingerprint density at radius 3 is 2.50 bits per heavy atom. The Morgan fingerprint density at radius 1 is 1.11 bits per heavy atom. The van der Waals surface area contributed by atoms with E-state index in [0.29, 0.717) is 6.04 Å². The van der Waals surface area contributed by atoms with Crippen molar-refractivity contribution in [3.05, 3.63) is 0 Å². The zero-order valence-electron chi connectivity index (χ0n) is 13.0. The third-order valence-electron chi connectivity index (χ3n) is 3.36. The van der Waals surface area contributed by atoms with Crippen LogP contribution < -0.4 is 5.32 Å². The molecule has 110 valence electrons. The van der Waals surface area contributed by atoms with E-state index in [1.54, 1.807) is 0 Å². The van der Waals surface area contributed by atoms with Crippen LogP contribution >= 0.6 is 0 Å². The molecular formula is C15H34N2O. The van der Waals surface area contributed by atoms with E-state index in [4.69, 9.17) is 4.74 Å². The summed E-state index contributed by atoms with van der Waals surface area (Å²) in [5.41, 5.74) is 0. The second-order valence-electron chi connectivity index (χ2n) is 4.98. The fourth-order valence-electron chi connectivity index (χ4n) is 2.04. The summed E-state index contributed by atoms with van der Waals surface area (Å²) in [5.74, 6) is 0. The quantitative estimate of drug-likeness (QED) is 0.514.